The first-order valence-corrected chi connectivity index (χ1v) is 10.7. The zero-order chi connectivity index (χ0) is 21.3. The van der Waals surface area contributed by atoms with Gasteiger partial charge in [0.05, 0.1) is 11.4 Å². The van der Waals surface area contributed by atoms with E-state index in [0.717, 1.165) is 16.8 Å². The quantitative estimate of drug-likeness (QED) is 0.799. The van der Waals surface area contributed by atoms with Gasteiger partial charge in [-0.1, -0.05) is 49.9 Å². The highest BCUT2D eigenvalue weighted by molar-refractivity contribution is 8.14. The van der Waals surface area contributed by atoms with Crippen molar-refractivity contribution in [3.05, 3.63) is 65.5 Å². The molecular formula is C22H21FN4O2S. The van der Waals surface area contributed by atoms with Crippen LogP contribution in [0.5, 0.6) is 0 Å². The second kappa shape index (κ2) is 8.39. The van der Waals surface area contributed by atoms with E-state index in [-0.39, 0.29) is 29.3 Å². The number of nitrogens with zero attached hydrogens (tertiary/aromatic N) is 3. The Labute approximate surface area is 178 Å². The molecule has 0 bridgehead atoms. The zero-order valence-electron chi connectivity index (χ0n) is 16.6. The molecular weight excluding hydrogens is 403 g/mol. The number of thioether (sulfide) groups is 1. The minimum Gasteiger partial charge on any atom is -0.351 e. The Hall–Kier alpha value is -3.00. The molecule has 0 fully saturated rings. The molecule has 2 aromatic carbocycles. The standard InChI is InChI=1S/C22H21FN4O2S/c1-13(2)19-21(29)27-20(26-19)16-5-3-4-6-17(16)25-22(27)30-12-18(28)24-11-14-7-9-15(23)10-8-14/h3-10,13,19H,11-12H2,1-2H3,(H,24,28)/t19-/m0/s1. The number of amidine groups is 2. The molecule has 30 heavy (non-hydrogen) atoms. The smallest absolute Gasteiger partial charge is 0.259 e. The second-order valence-corrected chi connectivity index (χ2v) is 8.36. The Balaban J connectivity index is 1.47. The molecule has 2 aliphatic heterocycles. The van der Waals surface area contributed by atoms with Gasteiger partial charge >= 0.3 is 0 Å². The van der Waals surface area contributed by atoms with Gasteiger partial charge < -0.3 is 5.32 Å². The first kappa shape index (κ1) is 20.3. The van der Waals surface area contributed by atoms with Gasteiger partial charge in [-0.2, -0.15) is 0 Å². The van der Waals surface area contributed by atoms with E-state index in [4.69, 9.17) is 0 Å². The van der Waals surface area contributed by atoms with Gasteiger partial charge in [0, 0.05) is 12.1 Å². The van der Waals surface area contributed by atoms with Crippen LogP contribution >= 0.6 is 11.8 Å². The molecule has 0 aliphatic carbocycles. The van der Waals surface area contributed by atoms with E-state index in [0.29, 0.717) is 17.5 Å². The number of hydrogen-bond donors (Lipinski definition) is 1. The fourth-order valence-electron chi connectivity index (χ4n) is 3.28. The monoisotopic (exact) mass is 424 g/mol. The lowest BCUT2D eigenvalue weighted by Gasteiger charge is -2.25. The van der Waals surface area contributed by atoms with Crippen molar-refractivity contribution in [3.63, 3.8) is 0 Å². The molecule has 1 atom stereocenters. The Kier molecular flexibility index (Phi) is 5.67. The topological polar surface area (TPSA) is 74.1 Å². The molecule has 154 valence electrons. The van der Waals surface area contributed by atoms with Gasteiger partial charge in [0.2, 0.25) is 5.91 Å². The molecule has 2 heterocycles. The summed E-state index contributed by atoms with van der Waals surface area (Å²) in [5, 5.41) is 3.26. The molecule has 0 saturated carbocycles. The number of amides is 2. The fraction of sp³-hybridized carbons (Fsp3) is 0.273. The van der Waals surface area contributed by atoms with Crippen LogP contribution in [0.1, 0.15) is 25.0 Å². The summed E-state index contributed by atoms with van der Waals surface area (Å²) < 4.78 is 13.0. The average Bonchev–Trinajstić information content (AvgIpc) is 3.10. The van der Waals surface area contributed by atoms with Crippen LogP contribution in [0.4, 0.5) is 10.1 Å². The molecule has 2 amide bonds. The third-order valence-corrected chi connectivity index (χ3v) is 5.80. The molecule has 0 radical (unpaired) electrons. The summed E-state index contributed by atoms with van der Waals surface area (Å²) in [6.45, 7) is 4.23. The van der Waals surface area contributed by atoms with E-state index in [2.05, 4.69) is 15.3 Å². The Bertz CT molecular complexity index is 1050. The average molecular weight is 425 g/mol. The zero-order valence-corrected chi connectivity index (χ0v) is 17.4. The number of aliphatic imine (C=N–C) groups is 2. The number of fused-ring (bicyclic) bond motifs is 3. The minimum absolute atomic E-state index is 0.0630. The largest absolute Gasteiger partial charge is 0.351 e. The summed E-state index contributed by atoms with van der Waals surface area (Å²) >= 11 is 1.20. The molecule has 2 aliphatic rings. The molecule has 6 nitrogen and oxygen atoms in total. The maximum absolute atomic E-state index is 13.0. The number of para-hydroxylation sites is 1. The molecule has 0 saturated heterocycles. The van der Waals surface area contributed by atoms with Crippen LogP contribution in [-0.4, -0.2) is 39.5 Å². The molecule has 0 unspecified atom stereocenters. The first-order chi connectivity index (χ1) is 14.4. The Morgan fingerprint density at radius 3 is 2.67 bits per heavy atom. The molecule has 8 heteroatoms. The Morgan fingerprint density at radius 1 is 1.20 bits per heavy atom. The van der Waals surface area contributed by atoms with E-state index in [1.807, 2.05) is 38.1 Å². The highest BCUT2D eigenvalue weighted by Crippen LogP contribution is 2.34. The van der Waals surface area contributed by atoms with Gasteiger partial charge in [0.15, 0.2) is 5.17 Å². The summed E-state index contributed by atoms with van der Waals surface area (Å²) in [4.78, 5) is 36.1. The van der Waals surface area contributed by atoms with Crippen molar-refractivity contribution in [2.45, 2.75) is 26.4 Å². The normalized spacial score (nSPS) is 17.4. The van der Waals surface area contributed by atoms with Gasteiger partial charge in [0.25, 0.3) is 5.91 Å². The summed E-state index contributed by atoms with van der Waals surface area (Å²) in [6, 6.07) is 13.1. The lowest BCUT2D eigenvalue weighted by Crippen LogP contribution is -2.42. The number of nitrogens with one attached hydrogen (secondary N) is 1. The van der Waals surface area contributed by atoms with Crippen LogP contribution < -0.4 is 5.32 Å². The minimum atomic E-state index is -0.454. The number of carbonyl (C=O) groups is 2. The summed E-state index contributed by atoms with van der Waals surface area (Å²) in [5.74, 6) is 0.130. The van der Waals surface area contributed by atoms with E-state index in [1.54, 1.807) is 12.1 Å². The maximum Gasteiger partial charge on any atom is 0.259 e. The van der Waals surface area contributed by atoms with Crippen molar-refractivity contribution >= 4 is 40.3 Å². The number of halogens is 1. The lowest BCUT2D eigenvalue weighted by molar-refractivity contribution is -0.125. The highest BCUT2D eigenvalue weighted by Gasteiger charge is 2.42. The van der Waals surface area contributed by atoms with Gasteiger partial charge in [-0.15, -0.1) is 0 Å². The molecule has 1 N–H and O–H groups in total. The summed E-state index contributed by atoms with van der Waals surface area (Å²) in [7, 11) is 0. The SMILES string of the molecule is CC(C)[C@@H]1N=C2c3ccccc3N=C(SCC(=O)NCc3ccc(F)cc3)N2C1=O. The van der Waals surface area contributed by atoms with E-state index >= 15 is 0 Å². The third-order valence-electron chi connectivity index (χ3n) is 4.87. The predicted molar refractivity (Wildman–Crippen MR) is 116 cm³/mol. The van der Waals surface area contributed by atoms with Crippen molar-refractivity contribution in [1.82, 2.24) is 10.2 Å². The maximum atomic E-state index is 13.0. The predicted octanol–water partition coefficient (Wildman–Crippen LogP) is 3.49. The first-order valence-electron chi connectivity index (χ1n) is 9.68. The van der Waals surface area contributed by atoms with Crippen molar-refractivity contribution in [2.75, 3.05) is 5.75 Å². The molecule has 0 aromatic heterocycles. The number of benzene rings is 2. The second-order valence-electron chi connectivity index (χ2n) is 7.42. The van der Waals surface area contributed by atoms with Crippen LogP contribution in [0.25, 0.3) is 0 Å². The van der Waals surface area contributed by atoms with Crippen LogP contribution in [0, 0.1) is 11.7 Å². The van der Waals surface area contributed by atoms with Crippen LogP contribution in [-0.2, 0) is 16.1 Å². The van der Waals surface area contributed by atoms with E-state index in [1.165, 1.54) is 28.8 Å². The van der Waals surface area contributed by atoms with Crippen LogP contribution in [0.15, 0.2) is 58.5 Å². The Morgan fingerprint density at radius 2 is 1.93 bits per heavy atom. The van der Waals surface area contributed by atoms with Gasteiger partial charge in [-0.3, -0.25) is 14.6 Å². The number of carbonyl (C=O) groups excluding carboxylic acids is 2. The van der Waals surface area contributed by atoms with Crippen molar-refractivity contribution in [2.24, 2.45) is 15.9 Å². The van der Waals surface area contributed by atoms with E-state index < -0.39 is 6.04 Å². The molecule has 2 aromatic rings. The van der Waals surface area contributed by atoms with Gasteiger partial charge in [0.1, 0.15) is 17.7 Å². The van der Waals surface area contributed by atoms with E-state index in [9.17, 15) is 14.0 Å². The molecule has 0 spiro atoms. The summed E-state index contributed by atoms with van der Waals surface area (Å²) in [5.41, 5.74) is 2.36. The van der Waals surface area contributed by atoms with Gasteiger partial charge in [-0.05, 0) is 35.7 Å². The highest BCUT2D eigenvalue weighted by atomic mass is 32.2. The fourth-order valence-corrected chi connectivity index (χ4v) is 4.12. The van der Waals surface area contributed by atoms with Gasteiger partial charge in [-0.25, -0.2) is 14.3 Å². The van der Waals surface area contributed by atoms with Crippen molar-refractivity contribution < 1.29 is 14.0 Å². The third kappa shape index (κ3) is 4.00. The summed E-state index contributed by atoms with van der Waals surface area (Å²) in [6.07, 6.45) is 0. The molecule has 4 rings (SSSR count). The van der Waals surface area contributed by atoms with Crippen LogP contribution in [0.2, 0.25) is 0 Å². The van der Waals surface area contributed by atoms with Crippen LogP contribution in [0.3, 0.4) is 0 Å². The van der Waals surface area contributed by atoms with Crippen molar-refractivity contribution in [1.29, 1.82) is 0 Å². The van der Waals surface area contributed by atoms with Crippen molar-refractivity contribution in [3.8, 4) is 0 Å². The number of rotatable bonds is 5. The lowest BCUT2D eigenvalue weighted by atomic mass is 10.1. The number of hydrogen-bond acceptors (Lipinski definition) is 5.